The van der Waals surface area contributed by atoms with Crippen LogP contribution in [0, 0.1) is 0 Å². The van der Waals surface area contributed by atoms with Crippen molar-refractivity contribution in [3.63, 3.8) is 0 Å². The Balaban J connectivity index is 2.01. The summed E-state index contributed by atoms with van der Waals surface area (Å²) in [6.45, 7) is 7.00. The van der Waals surface area contributed by atoms with Crippen LogP contribution in [0.2, 0.25) is 10.0 Å². The number of carbonyl (C=O) groups excluding carboxylic acids is 1. The summed E-state index contributed by atoms with van der Waals surface area (Å²) in [6.07, 6.45) is 2.81. The summed E-state index contributed by atoms with van der Waals surface area (Å²) in [5, 5.41) is 4.55. The number of hydrogen-bond acceptors (Lipinski definition) is 3. The fraction of sp³-hybridized carbons (Fsp3) is 0.588. The van der Waals surface area contributed by atoms with Gasteiger partial charge >= 0.3 is 6.09 Å². The molecule has 1 heterocycles. The number of halogens is 2. The predicted octanol–water partition coefficient (Wildman–Crippen LogP) is 5.19. The molecule has 1 atom stereocenters. The van der Waals surface area contributed by atoms with Gasteiger partial charge < -0.3 is 15.0 Å². The van der Waals surface area contributed by atoms with Gasteiger partial charge in [0.2, 0.25) is 0 Å². The predicted molar refractivity (Wildman–Crippen MR) is 95.5 cm³/mol. The molecule has 1 aliphatic heterocycles. The van der Waals surface area contributed by atoms with Crippen molar-refractivity contribution in [1.82, 2.24) is 4.90 Å². The lowest BCUT2D eigenvalue weighted by Gasteiger charge is -2.37. The van der Waals surface area contributed by atoms with Crippen LogP contribution in [0.3, 0.4) is 0 Å². The summed E-state index contributed by atoms with van der Waals surface area (Å²) >= 11 is 12.2. The maximum Gasteiger partial charge on any atom is 0.410 e. The number of amides is 1. The molecule has 0 saturated carbocycles. The second-order valence-electron chi connectivity index (χ2n) is 6.83. The molecule has 0 aromatic heterocycles. The van der Waals surface area contributed by atoms with Gasteiger partial charge in [0.05, 0.1) is 16.8 Å². The van der Waals surface area contributed by atoms with Crippen molar-refractivity contribution in [3.8, 4) is 0 Å². The number of carbonyl (C=O) groups is 1. The summed E-state index contributed by atoms with van der Waals surface area (Å²) in [7, 11) is 0. The van der Waals surface area contributed by atoms with E-state index < -0.39 is 5.60 Å². The maximum atomic E-state index is 12.4. The molecule has 1 N–H and O–H groups in total. The van der Waals surface area contributed by atoms with Gasteiger partial charge in [0.15, 0.2) is 0 Å². The lowest BCUT2D eigenvalue weighted by atomic mass is 10.0. The standard InChI is InChI=1S/C17H24Cl2N2O2/c1-17(2,3)23-16(22)21-9-5-4-6-13(21)11-20-15-10-12(18)7-8-14(15)19/h7-8,10,13,20H,4-6,9,11H2,1-3H3. The molecular weight excluding hydrogens is 335 g/mol. The van der Waals surface area contributed by atoms with Gasteiger partial charge in [-0.25, -0.2) is 4.79 Å². The van der Waals surface area contributed by atoms with E-state index in [-0.39, 0.29) is 12.1 Å². The Morgan fingerprint density at radius 1 is 1.35 bits per heavy atom. The van der Waals surface area contributed by atoms with E-state index in [9.17, 15) is 4.79 Å². The molecule has 0 aliphatic carbocycles. The number of hydrogen-bond donors (Lipinski definition) is 1. The van der Waals surface area contributed by atoms with Gasteiger partial charge in [0.1, 0.15) is 5.60 Å². The Labute approximate surface area is 148 Å². The SMILES string of the molecule is CC(C)(C)OC(=O)N1CCCCC1CNc1cc(Cl)ccc1Cl. The van der Waals surface area contributed by atoms with Crippen molar-refractivity contribution in [2.24, 2.45) is 0 Å². The van der Waals surface area contributed by atoms with Crippen LogP contribution in [0.15, 0.2) is 18.2 Å². The van der Waals surface area contributed by atoms with E-state index in [4.69, 9.17) is 27.9 Å². The lowest BCUT2D eigenvalue weighted by molar-refractivity contribution is 0.0114. The van der Waals surface area contributed by atoms with Crippen molar-refractivity contribution in [2.75, 3.05) is 18.4 Å². The summed E-state index contributed by atoms with van der Waals surface area (Å²) in [6, 6.07) is 5.40. The Bertz CT molecular complexity index is 558. The third-order valence-electron chi connectivity index (χ3n) is 3.71. The van der Waals surface area contributed by atoms with E-state index in [0.29, 0.717) is 16.6 Å². The first-order valence-electron chi connectivity index (χ1n) is 7.95. The first-order chi connectivity index (χ1) is 10.8. The van der Waals surface area contributed by atoms with Crippen LogP contribution < -0.4 is 5.32 Å². The Kier molecular flexibility index (Phi) is 6.04. The van der Waals surface area contributed by atoms with E-state index >= 15 is 0 Å². The van der Waals surface area contributed by atoms with E-state index in [1.54, 1.807) is 18.2 Å². The second kappa shape index (κ2) is 7.63. The Hall–Kier alpha value is -1.13. The molecule has 1 fully saturated rings. The first-order valence-corrected chi connectivity index (χ1v) is 8.70. The molecule has 1 aliphatic rings. The first kappa shape index (κ1) is 18.2. The number of ether oxygens (including phenoxy) is 1. The number of likely N-dealkylation sites (tertiary alicyclic amines) is 1. The normalized spacial score (nSPS) is 18.7. The fourth-order valence-corrected chi connectivity index (χ4v) is 2.99. The molecule has 2 rings (SSSR count). The summed E-state index contributed by atoms with van der Waals surface area (Å²) in [5.74, 6) is 0. The zero-order chi connectivity index (χ0) is 17.0. The van der Waals surface area contributed by atoms with E-state index in [1.807, 2.05) is 25.7 Å². The van der Waals surface area contributed by atoms with Gasteiger partial charge in [0.25, 0.3) is 0 Å². The molecule has 0 spiro atoms. The number of anilines is 1. The van der Waals surface area contributed by atoms with Crippen LogP contribution in [0.4, 0.5) is 10.5 Å². The number of nitrogens with zero attached hydrogens (tertiary/aromatic N) is 1. The topological polar surface area (TPSA) is 41.6 Å². The van der Waals surface area contributed by atoms with Crippen molar-refractivity contribution < 1.29 is 9.53 Å². The molecule has 0 radical (unpaired) electrons. The van der Waals surface area contributed by atoms with E-state index in [0.717, 1.165) is 31.5 Å². The highest BCUT2D eigenvalue weighted by molar-refractivity contribution is 6.35. The van der Waals surface area contributed by atoms with Gasteiger partial charge in [-0.05, 0) is 58.2 Å². The smallest absolute Gasteiger partial charge is 0.410 e. The highest BCUT2D eigenvalue weighted by atomic mass is 35.5. The molecule has 1 unspecified atom stereocenters. The Morgan fingerprint density at radius 2 is 2.09 bits per heavy atom. The second-order valence-corrected chi connectivity index (χ2v) is 7.67. The molecule has 1 amide bonds. The van der Waals surface area contributed by atoms with E-state index in [2.05, 4.69) is 5.32 Å². The van der Waals surface area contributed by atoms with Crippen molar-refractivity contribution in [2.45, 2.75) is 51.7 Å². The largest absolute Gasteiger partial charge is 0.444 e. The number of nitrogens with one attached hydrogen (secondary N) is 1. The van der Waals surface area contributed by atoms with Crippen molar-refractivity contribution in [3.05, 3.63) is 28.2 Å². The molecule has 1 aromatic carbocycles. The molecule has 4 nitrogen and oxygen atoms in total. The fourth-order valence-electron chi connectivity index (χ4n) is 2.63. The average molecular weight is 359 g/mol. The van der Waals surface area contributed by atoms with Crippen LogP contribution >= 0.6 is 23.2 Å². The van der Waals surface area contributed by atoms with Crippen molar-refractivity contribution >= 4 is 35.0 Å². The third kappa shape index (κ3) is 5.47. The van der Waals surface area contributed by atoms with Gasteiger partial charge in [0, 0.05) is 18.1 Å². The minimum Gasteiger partial charge on any atom is -0.444 e. The zero-order valence-electron chi connectivity index (χ0n) is 13.9. The maximum absolute atomic E-state index is 12.4. The van der Waals surface area contributed by atoms with Crippen LogP contribution in [-0.4, -0.2) is 35.7 Å². The zero-order valence-corrected chi connectivity index (χ0v) is 15.4. The molecular formula is C17H24Cl2N2O2. The highest BCUT2D eigenvalue weighted by Gasteiger charge is 2.30. The number of rotatable bonds is 3. The monoisotopic (exact) mass is 358 g/mol. The molecule has 23 heavy (non-hydrogen) atoms. The van der Waals surface area contributed by atoms with Gasteiger partial charge in [-0.2, -0.15) is 0 Å². The quantitative estimate of drug-likeness (QED) is 0.807. The number of piperidine rings is 1. The van der Waals surface area contributed by atoms with Gasteiger partial charge in [-0.15, -0.1) is 0 Å². The Morgan fingerprint density at radius 3 is 2.78 bits per heavy atom. The molecule has 6 heteroatoms. The van der Waals surface area contributed by atoms with Crippen molar-refractivity contribution in [1.29, 1.82) is 0 Å². The minimum absolute atomic E-state index is 0.0913. The molecule has 128 valence electrons. The van der Waals surface area contributed by atoms with Crippen LogP contribution in [0.25, 0.3) is 0 Å². The van der Waals surface area contributed by atoms with Crippen LogP contribution in [-0.2, 0) is 4.74 Å². The summed E-state index contributed by atoms with van der Waals surface area (Å²) in [4.78, 5) is 14.2. The highest BCUT2D eigenvalue weighted by Crippen LogP contribution is 2.27. The minimum atomic E-state index is -0.483. The van der Waals surface area contributed by atoms with Crippen LogP contribution in [0.1, 0.15) is 40.0 Å². The number of benzene rings is 1. The molecule has 1 saturated heterocycles. The summed E-state index contributed by atoms with van der Waals surface area (Å²) < 4.78 is 5.51. The third-order valence-corrected chi connectivity index (χ3v) is 4.28. The lowest BCUT2D eigenvalue weighted by Crippen LogP contribution is -2.48. The average Bonchev–Trinajstić information content (AvgIpc) is 2.47. The van der Waals surface area contributed by atoms with Crippen LogP contribution in [0.5, 0.6) is 0 Å². The molecule has 0 bridgehead atoms. The van der Waals surface area contributed by atoms with Gasteiger partial charge in [-0.1, -0.05) is 23.2 Å². The van der Waals surface area contributed by atoms with E-state index in [1.165, 1.54) is 0 Å². The molecule has 1 aromatic rings. The summed E-state index contributed by atoms with van der Waals surface area (Å²) in [5.41, 5.74) is 0.303. The van der Waals surface area contributed by atoms with Gasteiger partial charge in [-0.3, -0.25) is 0 Å².